The lowest BCUT2D eigenvalue weighted by Gasteiger charge is -2.15. The van der Waals surface area contributed by atoms with Gasteiger partial charge in [-0.3, -0.25) is 0 Å². The van der Waals surface area contributed by atoms with Crippen molar-refractivity contribution >= 4 is 11.8 Å². The maximum Gasteiger partial charge on any atom is 0.243 e. The molecule has 2 atom stereocenters. The molecule has 0 aliphatic carbocycles. The molecule has 0 amide bonds. The van der Waals surface area contributed by atoms with Gasteiger partial charge in [0.15, 0.2) is 5.82 Å². The van der Waals surface area contributed by atoms with E-state index in [0.717, 1.165) is 24.5 Å². The highest BCUT2D eigenvalue weighted by Gasteiger charge is 2.29. The molecule has 1 aromatic rings. The molecular formula is C12H21N3O2S. The lowest BCUT2D eigenvalue weighted by molar-refractivity contribution is 0.116. The molecule has 102 valence electrons. The van der Waals surface area contributed by atoms with E-state index in [1.165, 1.54) is 0 Å². The number of rotatable bonds is 4. The van der Waals surface area contributed by atoms with E-state index in [0.29, 0.717) is 5.89 Å². The third kappa shape index (κ3) is 3.70. The van der Waals surface area contributed by atoms with Crippen molar-refractivity contribution in [3.63, 3.8) is 0 Å². The summed E-state index contributed by atoms with van der Waals surface area (Å²) in [4.78, 5) is 4.45. The minimum atomic E-state index is 0.135. The molecule has 0 radical (unpaired) electrons. The number of nitrogens with zero attached hydrogens (tertiary/aromatic N) is 2. The summed E-state index contributed by atoms with van der Waals surface area (Å²) in [6.45, 7) is 7.39. The average Bonchev–Trinajstić information content (AvgIpc) is 2.94. The molecule has 0 spiro atoms. The van der Waals surface area contributed by atoms with Crippen molar-refractivity contribution in [2.75, 3.05) is 13.7 Å². The lowest BCUT2D eigenvalue weighted by Crippen LogP contribution is -2.16. The van der Waals surface area contributed by atoms with Gasteiger partial charge in [0.05, 0.1) is 17.9 Å². The van der Waals surface area contributed by atoms with Crippen LogP contribution in [0, 0.1) is 0 Å². The number of hydrogen-bond acceptors (Lipinski definition) is 6. The third-order valence-electron chi connectivity index (χ3n) is 2.84. The first-order valence-electron chi connectivity index (χ1n) is 6.20. The van der Waals surface area contributed by atoms with Crippen molar-refractivity contribution in [1.29, 1.82) is 0 Å². The molecule has 1 fully saturated rings. The van der Waals surface area contributed by atoms with Gasteiger partial charge in [-0.25, -0.2) is 0 Å². The predicted octanol–water partition coefficient (Wildman–Crippen LogP) is 2.15. The van der Waals surface area contributed by atoms with Crippen molar-refractivity contribution < 1.29 is 9.26 Å². The summed E-state index contributed by atoms with van der Waals surface area (Å²) in [7, 11) is 1.73. The van der Waals surface area contributed by atoms with Gasteiger partial charge in [-0.05, 0) is 6.42 Å². The third-order valence-corrected chi connectivity index (χ3v) is 4.11. The van der Waals surface area contributed by atoms with Crippen LogP contribution in [0.1, 0.15) is 44.9 Å². The highest BCUT2D eigenvalue weighted by Crippen LogP contribution is 2.28. The lowest BCUT2D eigenvalue weighted by atomic mass is 10.2. The number of nitrogens with one attached hydrogen (secondary N) is 1. The quantitative estimate of drug-likeness (QED) is 0.905. The second-order valence-corrected chi connectivity index (χ2v) is 7.31. The van der Waals surface area contributed by atoms with Crippen LogP contribution < -0.4 is 5.32 Å². The first-order chi connectivity index (χ1) is 8.48. The van der Waals surface area contributed by atoms with E-state index in [-0.39, 0.29) is 16.9 Å². The largest absolute Gasteiger partial charge is 0.380 e. The minimum Gasteiger partial charge on any atom is -0.380 e. The molecule has 2 rings (SSSR count). The Morgan fingerprint density at radius 3 is 2.89 bits per heavy atom. The van der Waals surface area contributed by atoms with Crippen molar-refractivity contribution in [3.05, 3.63) is 11.7 Å². The zero-order chi connectivity index (χ0) is 13.2. The normalized spacial score (nSPS) is 24.7. The highest BCUT2D eigenvalue weighted by molar-refractivity contribution is 7.99. The maximum absolute atomic E-state index is 5.31. The average molecular weight is 271 g/mol. The molecule has 0 unspecified atom stereocenters. The van der Waals surface area contributed by atoms with Gasteiger partial charge in [0.2, 0.25) is 5.89 Å². The summed E-state index contributed by atoms with van der Waals surface area (Å²) >= 11 is 1.82. The monoisotopic (exact) mass is 271 g/mol. The van der Waals surface area contributed by atoms with Crippen LogP contribution in [-0.2, 0) is 10.5 Å². The van der Waals surface area contributed by atoms with Gasteiger partial charge >= 0.3 is 0 Å². The summed E-state index contributed by atoms with van der Waals surface area (Å²) in [6, 6.07) is 0.135. The van der Waals surface area contributed by atoms with Crippen LogP contribution in [0.2, 0.25) is 0 Å². The second-order valence-electron chi connectivity index (χ2n) is 5.50. The molecular weight excluding hydrogens is 250 g/mol. The molecule has 0 saturated carbocycles. The smallest absolute Gasteiger partial charge is 0.243 e. The second kappa shape index (κ2) is 5.59. The van der Waals surface area contributed by atoms with Gasteiger partial charge in [0.1, 0.15) is 0 Å². The number of hydrogen-bond donors (Lipinski definition) is 1. The summed E-state index contributed by atoms with van der Waals surface area (Å²) in [5.74, 6) is 2.24. The molecule has 1 saturated heterocycles. The Morgan fingerprint density at radius 2 is 2.28 bits per heavy atom. The molecule has 6 heteroatoms. The first kappa shape index (κ1) is 13.8. The molecule has 1 aromatic heterocycles. The predicted molar refractivity (Wildman–Crippen MR) is 71.5 cm³/mol. The van der Waals surface area contributed by atoms with E-state index in [1.54, 1.807) is 7.11 Å². The Kier molecular flexibility index (Phi) is 4.29. The van der Waals surface area contributed by atoms with E-state index in [4.69, 9.17) is 9.26 Å². The van der Waals surface area contributed by atoms with Crippen molar-refractivity contribution in [3.8, 4) is 0 Å². The number of aromatic nitrogens is 2. The van der Waals surface area contributed by atoms with Gasteiger partial charge in [-0.15, -0.1) is 11.8 Å². The van der Waals surface area contributed by atoms with Gasteiger partial charge in [0.25, 0.3) is 0 Å². The van der Waals surface area contributed by atoms with Crippen LogP contribution in [0.3, 0.4) is 0 Å². The summed E-state index contributed by atoms with van der Waals surface area (Å²) < 4.78 is 10.8. The minimum absolute atomic E-state index is 0.135. The van der Waals surface area contributed by atoms with Crippen LogP contribution >= 0.6 is 11.8 Å². The van der Waals surface area contributed by atoms with E-state index in [2.05, 4.69) is 36.2 Å². The van der Waals surface area contributed by atoms with Gasteiger partial charge < -0.3 is 14.6 Å². The molecule has 18 heavy (non-hydrogen) atoms. The fourth-order valence-corrected chi connectivity index (χ4v) is 2.50. The van der Waals surface area contributed by atoms with Crippen LogP contribution in [0.4, 0.5) is 0 Å². The molecule has 2 heterocycles. The highest BCUT2D eigenvalue weighted by atomic mass is 32.2. The summed E-state index contributed by atoms with van der Waals surface area (Å²) in [5.41, 5.74) is 0. The first-order valence-corrected chi connectivity index (χ1v) is 7.19. The van der Waals surface area contributed by atoms with E-state index in [9.17, 15) is 0 Å². The fraction of sp³-hybridized carbons (Fsp3) is 0.833. The Hall–Kier alpha value is -0.590. The zero-order valence-electron chi connectivity index (χ0n) is 11.4. The summed E-state index contributed by atoms with van der Waals surface area (Å²) in [5, 5.41) is 7.36. The zero-order valence-corrected chi connectivity index (χ0v) is 12.2. The van der Waals surface area contributed by atoms with Gasteiger partial charge in [0, 0.05) is 18.4 Å². The molecule has 5 nitrogen and oxygen atoms in total. The van der Waals surface area contributed by atoms with Crippen molar-refractivity contribution in [1.82, 2.24) is 15.5 Å². The van der Waals surface area contributed by atoms with Gasteiger partial charge in [-0.1, -0.05) is 25.9 Å². The van der Waals surface area contributed by atoms with E-state index >= 15 is 0 Å². The maximum atomic E-state index is 5.31. The summed E-state index contributed by atoms with van der Waals surface area (Å²) in [6.07, 6.45) is 1.14. The van der Waals surface area contributed by atoms with Crippen LogP contribution in [0.5, 0.6) is 0 Å². The number of thioether (sulfide) groups is 1. The molecule has 0 bridgehead atoms. The van der Waals surface area contributed by atoms with Crippen LogP contribution in [0.25, 0.3) is 0 Å². The number of methoxy groups -OCH3 is 1. The molecule has 1 N–H and O–H groups in total. The van der Waals surface area contributed by atoms with E-state index in [1.807, 2.05) is 11.8 Å². The Bertz CT molecular complexity index is 389. The van der Waals surface area contributed by atoms with Crippen LogP contribution in [0.15, 0.2) is 4.52 Å². The van der Waals surface area contributed by atoms with Crippen molar-refractivity contribution in [2.24, 2.45) is 0 Å². The standard InChI is InChI=1S/C12H21N3O2S/c1-12(2,3)18-7-10-14-11(17-15-10)9-5-8(16-4)6-13-9/h8-9,13H,5-7H2,1-4H3/t8-,9+/m0/s1. The SMILES string of the molecule is CO[C@@H]1CN[C@@H](c2nc(CSC(C)(C)C)no2)C1. The molecule has 1 aliphatic rings. The van der Waals surface area contributed by atoms with Crippen molar-refractivity contribution in [2.45, 2.75) is 49.8 Å². The Morgan fingerprint density at radius 1 is 1.50 bits per heavy atom. The Labute approximate surface area is 112 Å². The van der Waals surface area contributed by atoms with E-state index < -0.39 is 0 Å². The number of ether oxygens (including phenoxy) is 1. The van der Waals surface area contributed by atoms with Crippen LogP contribution in [-0.4, -0.2) is 34.6 Å². The Balaban J connectivity index is 1.90. The fourth-order valence-electron chi connectivity index (χ4n) is 1.82. The molecule has 0 aromatic carbocycles. The van der Waals surface area contributed by atoms with Gasteiger partial charge in [-0.2, -0.15) is 4.98 Å². The molecule has 1 aliphatic heterocycles. The topological polar surface area (TPSA) is 60.2 Å².